The zero-order valence-electron chi connectivity index (χ0n) is 12.7. The molecule has 0 spiro atoms. The molecule has 0 fully saturated rings. The molecule has 1 aromatic heterocycles. The predicted molar refractivity (Wildman–Crippen MR) is 87.3 cm³/mol. The van der Waals surface area contributed by atoms with E-state index < -0.39 is 17.9 Å². The van der Waals surface area contributed by atoms with Gasteiger partial charge in [-0.15, -0.1) is 16.8 Å². The first-order valence-electron chi connectivity index (χ1n) is 7.16. The first kappa shape index (κ1) is 17.6. The minimum atomic E-state index is -1.10. The number of nitrogens with one attached hydrogen (secondary N) is 1. The summed E-state index contributed by atoms with van der Waals surface area (Å²) in [5.41, 5.74) is 0.709. The molecule has 8 nitrogen and oxygen atoms in total. The number of carbonyl (C=O) groups excluding carboxylic acids is 1. The Balaban J connectivity index is 1.98. The number of benzene rings is 1. The van der Waals surface area contributed by atoms with Crippen molar-refractivity contribution in [1.82, 2.24) is 25.5 Å². The molecular formula is C15H16ClN5O3. The molecule has 1 heterocycles. The molecule has 0 aliphatic heterocycles. The topological polar surface area (TPSA) is 110 Å². The molecule has 2 N–H and O–H groups in total. The predicted octanol–water partition coefficient (Wildman–Crippen LogP) is 1.53. The number of amides is 1. The second-order valence-electron chi connectivity index (χ2n) is 4.97. The van der Waals surface area contributed by atoms with E-state index >= 15 is 0 Å². The lowest BCUT2D eigenvalue weighted by Crippen LogP contribution is -2.42. The van der Waals surface area contributed by atoms with Crippen LogP contribution in [0.5, 0.6) is 0 Å². The molecule has 1 aromatic carbocycles. The number of aromatic nitrogens is 4. The summed E-state index contributed by atoms with van der Waals surface area (Å²) < 4.78 is 0. The fourth-order valence-electron chi connectivity index (χ4n) is 1.94. The molecular weight excluding hydrogens is 334 g/mol. The lowest BCUT2D eigenvalue weighted by molar-refractivity contribution is -0.142. The van der Waals surface area contributed by atoms with E-state index in [0.29, 0.717) is 22.8 Å². The fraction of sp³-hybridized carbons (Fsp3) is 0.267. The van der Waals surface area contributed by atoms with E-state index in [9.17, 15) is 9.59 Å². The number of halogens is 1. The molecule has 126 valence electrons. The van der Waals surface area contributed by atoms with Gasteiger partial charge in [-0.1, -0.05) is 17.7 Å². The molecule has 1 amide bonds. The lowest BCUT2D eigenvalue weighted by Gasteiger charge is -2.12. The van der Waals surface area contributed by atoms with E-state index in [4.69, 9.17) is 16.7 Å². The summed E-state index contributed by atoms with van der Waals surface area (Å²) in [6, 6.07) is 5.89. The van der Waals surface area contributed by atoms with Crippen LogP contribution in [-0.4, -0.2) is 43.2 Å². The van der Waals surface area contributed by atoms with Gasteiger partial charge >= 0.3 is 5.97 Å². The Bertz CT molecular complexity index is 729. The molecule has 24 heavy (non-hydrogen) atoms. The summed E-state index contributed by atoms with van der Waals surface area (Å²) in [4.78, 5) is 24.1. The van der Waals surface area contributed by atoms with Gasteiger partial charge in [0, 0.05) is 10.6 Å². The highest BCUT2D eigenvalue weighted by Crippen LogP contribution is 2.16. The number of rotatable bonds is 8. The normalized spacial score (nSPS) is 11.7. The van der Waals surface area contributed by atoms with E-state index in [0.717, 1.165) is 4.80 Å². The molecule has 0 saturated carbocycles. The SMILES string of the molecule is C=CCCC(NC(=O)Cn1nnc(-c2ccc(Cl)cc2)n1)C(=O)O. The first-order valence-corrected chi connectivity index (χ1v) is 7.54. The van der Waals surface area contributed by atoms with E-state index in [1.165, 1.54) is 0 Å². The summed E-state index contributed by atoms with van der Waals surface area (Å²) in [5.74, 6) is -1.26. The van der Waals surface area contributed by atoms with Crippen molar-refractivity contribution in [3.05, 3.63) is 41.9 Å². The summed E-state index contributed by atoms with van der Waals surface area (Å²) in [5, 5.41) is 23.8. The summed E-state index contributed by atoms with van der Waals surface area (Å²) in [6.07, 6.45) is 2.35. The van der Waals surface area contributed by atoms with Crippen LogP contribution < -0.4 is 5.32 Å². The summed E-state index contributed by atoms with van der Waals surface area (Å²) in [7, 11) is 0. The Morgan fingerprint density at radius 3 is 2.71 bits per heavy atom. The van der Waals surface area contributed by atoms with E-state index in [1.807, 2.05) is 0 Å². The molecule has 2 rings (SSSR count). The molecule has 2 aromatic rings. The zero-order valence-corrected chi connectivity index (χ0v) is 13.5. The van der Waals surface area contributed by atoms with Crippen molar-refractivity contribution in [2.24, 2.45) is 0 Å². The zero-order chi connectivity index (χ0) is 17.5. The maximum absolute atomic E-state index is 11.9. The summed E-state index contributed by atoms with van der Waals surface area (Å²) in [6.45, 7) is 3.31. The minimum Gasteiger partial charge on any atom is -0.480 e. The summed E-state index contributed by atoms with van der Waals surface area (Å²) >= 11 is 5.81. The molecule has 1 unspecified atom stereocenters. The second kappa shape index (κ2) is 8.21. The van der Waals surface area contributed by atoms with Crippen LogP contribution >= 0.6 is 11.6 Å². The smallest absolute Gasteiger partial charge is 0.326 e. The number of nitrogens with zero attached hydrogens (tertiary/aromatic N) is 4. The van der Waals surface area contributed by atoms with Gasteiger partial charge in [-0.2, -0.15) is 4.80 Å². The van der Waals surface area contributed by atoms with Crippen LogP contribution in [0.25, 0.3) is 11.4 Å². The number of aliphatic carboxylic acids is 1. The van der Waals surface area contributed by atoms with Crippen LogP contribution in [0.1, 0.15) is 12.8 Å². The highest BCUT2D eigenvalue weighted by Gasteiger charge is 2.19. The Kier molecular flexibility index (Phi) is 6.02. The molecule has 1 atom stereocenters. The van der Waals surface area contributed by atoms with Crippen molar-refractivity contribution in [3.8, 4) is 11.4 Å². The number of carboxylic acids is 1. The molecule has 9 heteroatoms. The molecule has 0 bridgehead atoms. The molecule has 0 aliphatic carbocycles. The van der Waals surface area contributed by atoms with Crippen LogP contribution in [-0.2, 0) is 16.1 Å². The maximum Gasteiger partial charge on any atom is 0.326 e. The number of tetrazole rings is 1. The molecule has 0 radical (unpaired) electrons. The Hall–Kier alpha value is -2.74. The number of hydrogen-bond donors (Lipinski definition) is 2. The minimum absolute atomic E-state index is 0.224. The largest absolute Gasteiger partial charge is 0.480 e. The Labute approximate surface area is 143 Å². The van der Waals surface area contributed by atoms with Gasteiger partial charge in [0.2, 0.25) is 11.7 Å². The second-order valence-corrected chi connectivity index (χ2v) is 5.41. The lowest BCUT2D eigenvalue weighted by atomic mass is 10.1. The third-order valence-corrected chi connectivity index (χ3v) is 3.39. The molecule has 0 aliphatic rings. The van der Waals surface area contributed by atoms with E-state index in [2.05, 4.69) is 27.3 Å². The van der Waals surface area contributed by atoms with Crippen molar-refractivity contribution < 1.29 is 14.7 Å². The van der Waals surface area contributed by atoms with Crippen molar-refractivity contribution >= 4 is 23.5 Å². The average molecular weight is 350 g/mol. The van der Waals surface area contributed by atoms with Gasteiger partial charge in [0.25, 0.3) is 0 Å². The highest BCUT2D eigenvalue weighted by atomic mass is 35.5. The van der Waals surface area contributed by atoms with Gasteiger partial charge in [0.05, 0.1) is 0 Å². The third kappa shape index (κ3) is 4.88. The van der Waals surface area contributed by atoms with Crippen molar-refractivity contribution in [1.29, 1.82) is 0 Å². The molecule has 0 saturated heterocycles. The van der Waals surface area contributed by atoms with Crippen LogP contribution in [0.2, 0.25) is 5.02 Å². The van der Waals surface area contributed by atoms with Crippen molar-refractivity contribution in [2.75, 3.05) is 0 Å². The van der Waals surface area contributed by atoms with Crippen LogP contribution in [0, 0.1) is 0 Å². The van der Waals surface area contributed by atoms with E-state index in [1.54, 1.807) is 30.3 Å². The van der Waals surface area contributed by atoms with Gasteiger partial charge < -0.3 is 10.4 Å². The monoisotopic (exact) mass is 349 g/mol. The van der Waals surface area contributed by atoms with Gasteiger partial charge in [0.1, 0.15) is 12.6 Å². The van der Waals surface area contributed by atoms with E-state index in [-0.39, 0.29) is 13.0 Å². The van der Waals surface area contributed by atoms with Crippen LogP contribution in [0.3, 0.4) is 0 Å². The Morgan fingerprint density at radius 1 is 1.38 bits per heavy atom. The third-order valence-electron chi connectivity index (χ3n) is 3.13. The maximum atomic E-state index is 11.9. The fourth-order valence-corrected chi connectivity index (χ4v) is 2.06. The average Bonchev–Trinajstić information content (AvgIpc) is 3.00. The van der Waals surface area contributed by atoms with Crippen LogP contribution in [0.15, 0.2) is 36.9 Å². The quantitative estimate of drug-likeness (QED) is 0.699. The Morgan fingerprint density at radius 2 is 2.08 bits per heavy atom. The van der Waals surface area contributed by atoms with Gasteiger partial charge in [-0.05, 0) is 42.3 Å². The van der Waals surface area contributed by atoms with Gasteiger partial charge in [-0.25, -0.2) is 4.79 Å². The van der Waals surface area contributed by atoms with Crippen LogP contribution in [0.4, 0.5) is 0 Å². The number of hydrogen-bond acceptors (Lipinski definition) is 5. The van der Waals surface area contributed by atoms with Gasteiger partial charge in [-0.3, -0.25) is 4.79 Å². The highest BCUT2D eigenvalue weighted by molar-refractivity contribution is 6.30. The number of allylic oxidation sites excluding steroid dienone is 1. The number of carboxylic acid groups (broad SMARTS) is 1. The van der Waals surface area contributed by atoms with Crippen molar-refractivity contribution in [3.63, 3.8) is 0 Å². The van der Waals surface area contributed by atoms with Gasteiger partial charge in [0.15, 0.2) is 0 Å². The standard InChI is InChI=1S/C15H16ClN5O3/c1-2-3-4-12(15(23)24)17-13(22)9-21-19-14(18-20-21)10-5-7-11(16)8-6-10/h2,5-8,12H,1,3-4,9H2,(H,17,22)(H,23,24). The first-order chi connectivity index (χ1) is 11.5. The number of carbonyl (C=O) groups is 2. The van der Waals surface area contributed by atoms with Crippen molar-refractivity contribution in [2.45, 2.75) is 25.4 Å².